The van der Waals surface area contributed by atoms with Gasteiger partial charge < -0.3 is 10.4 Å². The van der Waals surface area contributed by atoms with Crippen molar-refractivity contribution in [1.29, 1.82) is 0 Å². The van der Waals surface area contributed by atoms with Crippen molar-refractivity contribution in [1.82, 2.24) is 25.3 Å². The molecule has 1 unspecified atom stereocenters. The molecule has 7 heteroatoms. The molecule has 0 radical (unpaired) electrons. The number of rotatable bonds is 5. The first-order valence-electron chi connectivity index (χ1n) is 8.10. The van der Waals surface area contributed by atoms with Gasteiger partial charge in [-0.2, -0.15) is 10.2 Å². The van der Waals surface area contributed by atoms with E-state index in [9.17, 15) is 9.90 Å². The van der Waals surface area contributed by atoms with Crippen LogP contribution in [0.2, 0.25) is 0 Å². The molecule has 0 aliphatic rings. The normalized spacial score (nSPS) is 13.1. The number of aromatic amines is 1. The van der Waals surface area contributed by atoms with Crippen LogP contribution in [-0.2, 0) is 7.05 Å². The second-order valence-electron chi connectivity index (χ2n) is 7.45. The molecule has 0 aromatic carbocycles. The van der Waals surface area contributed by atoms with E-state index >= 15 is 0 Å². The summed E-state index contributed by atoms with van der Waals surface area (Å²) in [5.41, 5.74) is 3.88. The molecule has 24 heavy (non-hydrogen) atoms. The smallest absolute Gasteiger partial charge is 0.269 e. The monoisotopic (exact) mass is 333 g/mol. The van der Waals surface area contributed by atoms with Gasteiger partial charge in [0.1, 0.15) is 5.69 Å². The maximum atomic E-state index is 12.4. The molecule has 0 saturated carbocycles. The molecule has 0 saturated heterocycles. The molecule has 0 aliphatic heterocycles. The molecule has 2 aromatic heterocycles. The van der Waals surface area contributed by atoms with E-state index in [1.807, 2.05) is 20.9 Å². The topological polar surface area (TPSA) is 95.8 Å². The molecule has 0 bridgehead atoms. The van der Waals surface area contributed by atoms with Crippen LogP contribution in [0.15, 0.2) is 6.07 Å². The van der Waals surface area contributed by atoms with E-state index in [4.69, 9.17) is 0 Å². The molecule has 132 valence electrons. The molecule has 0 spiro atoms. The van der Waals surface area contributed by atoms with Crippen LogP contribution < -0.4 is 5.32 Å². The quantitative estimate of drug-likeness (QED) is 0.779. The number of aliphatic hydroxyl groups excluding tert-OH is 1. The van der Waals surface area contributed by atoms with Gasteiger partial charge in [0.25, 0.3) is 5.91 Å². The first-order valence-corrected chi connectivity index (χ1v) is 8.10. The van der Waals surface area contributed by atoms with Crippen LogP contribution in [0, 0.1) is 19.3 Å². The molecule has 1 atom stereocenters. The Balaban J connectivity index is 2.16. The van der Waals surface area contributed by atoms with Crippen molar-refractivity contribution >= 4 is 5.91 Å². The van der Waals surface area contributed by atoms with Crippen molar-refractivity contribution in [3.63, 3.8) is 0 Å². The van der Waals surface area contributed by atoms with E-state index in [0.29, 0.717) is 17.8 Å². The number of H-pyrrole nitrogens is 1. The van der Waals surface area contributed by atoms with Crippen molar-refractivity contribution in [3.05, 3.63) is 23.1 Å². The zero-order valence-corrected chi connectivity index (χ0v) is 15.3. The number of nitrogens with one attached hydrogen (secondary N) is 2. The second kappa shape index (κ2) is 6.76. The van der Waals surface area contributed by atoms with Crippen LogP contribution in [0.25, 0.3) is 11.3 Å². The molecule has 3 N–H and O–H groups in total. The summed E-state index contributed by atoms with van der Waals surface area (Å²) in [5.74, 6) is -0.267. The Hall–Kier alpha value is -2.15. The number of aliphatic hydroxyl groups is 1. The minimum absolute atomic E-state index is 0.0176. The van der Waals surface area contributed by atoms with Gasteiger partial charge in [-0.1, -0.05) is 20.8 Å². The van der Waals surface area contributed by atoms with E-state index in [1.165, 1.54) is 0 Å². The summed E-state index contributed by atoms with van der Waals surface area (Å²) in [5, 5.41) is 23.8. The van der Waals surface area contributed by atoms with E-state index < -0.39 is 0 Å². The van der Waals surface area contributed by atoms with Crippen LogP contribution in [-0.4, -0.2) is 43.6 Å². The molecule has 0 fully saturated rings. The zero-order valence-electron chi connectivity index (χ0n) is 15.3. The lowest BCUT2D eigenvalue weighted by Gasteiger charge is -2.25. The molecular weight excluding hydrogens is 306 g/mol. The number of carbonyl (C=O) groups is 1. The Morgan fingerprint density at radius 1 is 1.42 bits per heavy atom. The van der Waals surface area contributed by atoms with E-state index in [2.05, 4.69) is 41.4 Å². The van der Waals surface area contributed by atoms with Gasteiger partial charge in [-0.05, 0) is 31.7 Å². The molecular formula is C17H27N5O2. The highest BCUT2D eigenvalue weighted by Crippen LogP contribution is 2.25. The summed E-state index contributed by atoms with van der Waals surface area (Å²) in [6.45, 7) is 10.0. The predicted octanol–water partition coefficient (Wildman–Crippen LogP) is 1.95. The SMILES string of the molecule is Cc1nn(C)c(C)c1-c1cc(C(=O)NC(CO)CC(C)(C)C)[nH]n1. The fourth-order valence-corrected chi connectivity index (χ4v) is 2.87. The predicted molar refractivity (Wildman–Crippen MR) is 92.7 cm³/mol. The summed E-state index contributed by atoms with van der Waals surface area (Å²) >= 11 is 0. The first kappa shape index (κ1) is 18.2. The largest absolute Gasteiger partial charge is 0.394 e. The molecule has 2 rings (SSSR count). The number of hydrogen-bond acceptors (Lipinski definition) is 4. The third-order valence-electron chi connectivity index (χ3n) is 4.00. The van der Waals surface area contributed by atoms with Gasteiger partial charge >= 0.3 is 0 Å². The third-order valence-corrected chi connectivity index (χ3v) is 4.00. The summed E-state index contributed by atoms with van der Waals surface area (Å²) in [7, 11) is 1.88. The Bertz CT molecular complexity index is 724. The van der Waals surface area contributed by atoms with E-state index in [1.54, 1.807) is 10.7 Å². The third kappa shape index (κ3) is 4.03. The molecule has 7 nitrogen and oxygen atoms in total. The molecule has 0 aliphatic carbocycles. The number of nitrogens with zero attached hydrogens (tertiary/aromatic N) is 3. The fourth-order valence-electron chi connectivity index (χ4n) is 2.87. The first-order chi connectivity index (χ1) is 11.1. The van der Waals surface area contributed by atoms with Crippen molar-refractivity contribution in [3.8, 4) is 11.3 Å². The highest BCUT2D eigenvalue weighted by Gasteiger charge is 2.22. The Labute approximate surface area is 142 Å². The minimum atomic E-state index is -0.286. The highest BCUT2D eigenvalue weighted by atomic mass is 16.3. The zero-order chi connectivity index (χ0) is 18.1. The van der Waals surface area contributed by atoms with Crippen LogP contribution >= 0.6 is 0 Å². The number of aromatic nitrogens is 4. The van der Waals surface area contributed by atoms with Gasteiger partial charge in [0.05, 0.1) is 24.0 Å². The standard InChI is InChI=1S/C17H27N5O2/c1-10-15(11(2)22(6)21-10)13-7-14(20-19-13)16(24)18-12(9-23)8-17(3,4)5/h7,12,23H,8-9H2,1-6H3,(H,18,24)(H,19,20). The summed E-state index contributed by atoms with van der Waals surface area (Å²) in [4.78, 5) is 12.4. The Morgan fingerprint density at radius 2 is 2.08 bits per heavy atom. The number of amides is 1. The molecule has 2 heterocycles. The van der Waals surface area contributed by atoms with Crippen LogP contribution in [0.5, 0.6) is 0 Å². The van der Waals surface area contributed by atoms with E-state index in [0.717, 1.165) is 17.0 Å². The number of carbonyl (C=O) groups excluding carboxylic acids is 1. The van der Waals surface area contributed by atoms with Crippen LogP contribution in [0.3, 0.4) is 0 Å². The molecule has 1 amide bonds. The molecule has 2 aromatic rings. The lowest BCUT2D eigenvalue weighted by molar-refractivity contribution is 0.0892. The van der Waals surface area contributed by atoms with Gasteiger partial charge in [-0.15, -0.1) is 0 Å². The van der Waals surface area contributed by atoms with Crippen molar-refractivity contribution in [2.24, 2.45) is 12.5 Å². The van der Waals surface area contributed by atoms with Crippen LogP contribution in [0.4, 0.5) is 0 Å². The van der Waals surface area contributed by atoms with Gasteiger partial charge in [0.2, 0.25) is 0 Å². The van der Waals surface area contributed by atoms with Gasteiger partial charge in [0.15, 0.2) is 0 Å². The van der Waals surface area contributed by atoms with Gasteiger partial charge in [-0.3, -0.25) is 14.6 Å². The summed E-state index contributed by atoms with van der Waals surface area (Å²) < 4.78 is 1.80. The number of hydrogen-bond donors (Lipinski definition) is 3. The Morgan fingerprint density at radius 3 is 2.58 bits per heavy atom. The van der Waals surface area contributed by atoms with Crippen molar-refractivity contribution in [2.45, 2.75) is 47.1 Å². The maximum Gasteiger partial charge on any atom is 0.269 e. The average molecular weight is 333 g/mol. The maximum absolute atomic E-state index is 12.4. The van der Waals surface area contributed by atoms with Gasteiger partial charge in [0, 0.05) is 18.3 Å². The highest BCUT2D eigenvalue weighted by molar-refractivity contribution is 5.93. The van der Waals surface area contributed by atoms with Crippen molar-refractivity contribution < 1.29 is 9.90 Å². The van der Waals surface area contributed by atoms with Gasteiger partial charge in [-0.25, -0.2) is 0 Å². The average Bonchev–Trinajstić information content (AvgIpc) is 3.02. The summed E-state index contributed by atoms with van der Waals surface area (Å²) in [6, 6.07) is 1.43. The minimum Gasteiger partial charge on any atom is -0.394 e. The number of aryl methyl sites for hydroxylation is 2. The second-order valence-corrected chi connectivity index (χ2v) is 7.45. The fraction of sp³-hybridized carbons (Fsp3) is 0.588. The van der Waals surface area contributed by atoms with Crippen molar-refractivity contribution in [2.75, 3.05) is 6.61 Å². The van der Waals surface area contributed by atoms with E-state index in [-0.39, 0.29) is 24.0 Å². The lowest BCUT2D eigenvalue weighted by atomic mass is 9.88. The summed E-state index contributed by atoms with van der Waals surface area (Å²) in [6.07, 6.45) is 0.692. The lowest BCUT2D eigenvalue weighted by Crippen LogP contribution is -2.40. The Kier molecular flexibility index (Phi) is 5.13. The van der Waals surface area contributed by atoms with Crippen LogP contribution in [0.1, 0.15) is 49.1 Å².